The molecule has 2 heterocycles. The van der Waals surface area contributed by atoms with Gasteiger partial charge in [0, 0.05) is 12.2 Å². The summed E-state index contributed by atoms with van der Waals surface area (Å²) in [6, 6.07) is 9.28. The quantitative estimate of drug-likeness (QED) is 0.306. The Labute approximate surface area is 216 Å². The number of carbonyl (C=O) groups is 1. The third-order valence-electron chi connectivity index (χ3n) is 5.71. The summed E-state index contributed by atoms with van der Waals surface area (Å²) in [6.45, 7) is 10.6. The molecule has 1 saturated heterocycles. The molecule has 1 aliphatic heterocycles. The van der Waals surface area contributed by atoms with Gasteiger partial charge >= 0.3 is 0 Å². The van der Waals surface area contributed by atoms with Gasteiger partial charge in [0.2, 0.25) is 5.75 Å². The van der Waals surface area contributed by atoms with E-state index >= 15 is 0 Å². The number of ether oxygens (including phenoxy) is 5. The molecule has 1 aromatic heterocycles. The van der Waals surface area contributed by atoms with E-state index in [1.54, 1.807) is 17.0 Å². The van der Waals surface area contributed by atoms with Crippen LogP contribution in [0.3, 0.4) is 0 Å². The van der Waals surface area contributed by atoms with Crippen molar-refractivity contribution in [3.05, 3.63) is 35.9 Å². The van der Waals surface area contributed by atoms with Gasteiger partial charge in [-0.15, -0.1) is 0 Å². The van der Waals surface area contributed by atoms with Gasteiger partial charge < -0.3 is 23.7 Å². The topological polar surface area (TPSA) is 79.4 Å². The molecule has 1 unspecified atom stereocenters. The second-order valence-electron chi connectivity index (χ2n) is 8.18. The van der Waals surface area contributed by atoms with Crippen LogP contribution in [0.25, 0.3) is 10.2 Å². The highest BCUT2D eigenvalue weighted by atomic mass is 32.1. The van der Waals surface area contributed by atoms with Crippen LogP contribution in [-0.2, 0) is 4.74 Å². The number of carbonyl (C=O) groups excluding carboxylic acids is 1. The van der Waals surface area contributed by atoms with Crippen LogP contribution in [0.15, 0.2) is 30.3 Å². The maximum absolute atomic E-state index is 14.1. The van der Waals surface area contributed by atoms with E-state index in [0.29, 0.717) is 73.3 Å². The Morgan fingerprint density at radius 2 is 1.67 bits per heavy atom. The van der Waals surface area contributed by atoms with E-state index < -0.39 is 0 Å². The molecule has 1 atom stereocenters. The Bertz CT molecular complexity index is 1150. The molecule has 1 fully saturated rings. The third kappa shape index (κ3) is 5.68. The largest absolute Gasteiger partial charge is 0.492 e. The molecule has 0 radical (unpaired) electrons. The number of rotatable bonds is 12. The Morgan fingerprint density at radius 1 is 1.00 bits per heavy atom. The number of benzene rings is 2. The fourth-order valence-electron chi connectivity index (χ4n) is 4.21. The van der Waals surface area contributed by atoms with Crippen molar-refractivity contribution < 1.29 is 28.5 Å². The van der Waals surface area contributed by atoms with Crippen LogP contribution in [0.5, 0.6) is 23.0 Å². The van der Waals surface area contributed by atoms with E-state index in [9.17, 15) is 4.79 Å². The highest BCUT2D eigenvalue weighted by Gasteiger charge is 2.29. The van der Waals surface area contributed by atoms with E-state index in [2.05, 4.69) is 0 Å². The normalized spacial score (nSPS) is 15.2. The number of aromatic nitrogens is 1. The lowest BCUT2D eigenvalue weighted by Crippen LogP contribution is -2.37. The first-order chi connectivity index (χ1) is 17.6. The molecule has 0 bridgehead atoms. The summed E-state index contributed by atoms with van der Waals surface area (Å²) in [6.07, 6.45) is 1.83. The standard InChI is InChI=1S/C27H34N2O6S/c1-5-31-20-12-9-13-23-24(20)28-27(36-23)29(17-19-11-10-14-35-19)26(30)18-15-21(32-6-2)25(34-8-4)22(16-18)33-7-3/h9,12-13,15-16,19H,5-8,10-11,14,17H2,1-4H3. The first kappa shape index (κ1) is 26.0. The lowest BCUT2D eigenvalue weighted by molar-refractivity contribution is 0.0916. The van der Waals surface area contributed by atoms with Crippen molar-refractivity contribution >= 4 is 32.6 Å². The molecule has 0 N–H and O–H groups in total. The second-order valence-corrected chi connectivity index (χ2v) is 9.19. The zero-order chi connectivity index (χ0) is 25.5. The minimum atomic E-state index is -0.201. The maximum atomic E-state index is 14.1. The van der Waals surface area contributed by atoms with E-state index in [1.165, 1.54) is 11.3 Å². The molecule has 1 amide bonds. The van der Waals surface area contributed by atoms with Gasteiger partial charge in [-0.05, 0) is 64.8 Å². The molecule has 194 valence electrons. The van der Waals surface area contributed by atoms with Gasteiger partial charge in [-0.1, -0.05) is 17.4 Å². The van der Waals surface area contributed by atoms with Crippen molar-refractivity contribution in [1.82, 2.24) is 4.98 Å². The Hall–Kier alpha value is -3.04. The van der Waals surface area contributed by atoms with Gasteiger partial charge in [0.05, 0.1) is 43.8 Å². The van der Waals surface area contributed by atoms with E-state index in [1.807, 2.05) is 45.9 Å². The predicted molar refractivity (Wildman–Crippen MR) is 141 cm³/mol. The number of hydrogen-bond donors (Lipinski definition) is 0. The summed E-state index contributed by atoms with van der Waals surface area (Å²) in [5, 5.41) is 0.599. The molecule has 9 heteroatoms. The molecule has 4 rings (SSSR count). The first-order valence-electron chi connectivity index (χ1n) is 12.6. The minimum Gasteiger partial charge on any atom is -0.492 e. The monoisotopic (exact) mass is 514 g/mol. The van der Waals surface area contributed by atoms with Crippen molar-refractivity contribution in [2.24, 2.45) is 0 Å². The smallest absolute Gasteiger partial charge is 0.260 e. The zero-order valence-corrected chi connectivity index (χ0v) is 22.2. The van der Waals surface area contributed by atoms with Crippen LogP contribution in [0, 0.1) is 0 Å². The molecule has 2 aromatic carbocycles. The van der Waals surface area contributed by atoms with Crippen LogP contribution in [0.4, 0.5) is 5.13 Å². The fourth-order valence-corrected chi connectivity index (χ4v) is 5.20. The molecule has 8 nitrogen and oxygen atoms in total. The van der Waals surface area contributed by atoms with Gasteiger partial charge in [-0.3, -0.25) is 9.69 Å². The van der Waals surface area contributed by atoms with Gasteiger partial charge in [-0.25, -0.2) is 4.98 Å². The SMILES string of the molecule is CCOc1cc(C(=O)N(CC2CCCO2)c2nc3c(OCC)cccc3s2)cc(OCC)c1OCC. The summed E-state index contributed by atoms with van der Waals surface area (Å²) in [4.78, 5) is 20.6. The van der Waals surface area contributed by atoms with Gasteiger partial charge in [-0.2, -0.15) is 0 Å². The number of amides is 1. The number of fused-ring (bicyclic) bond motifs is 1. The lowest BCUT2D eigenvalue weighted by Gasteiger charge is -2.24. The van der Waals surface area contributed by atoms with Crippen molar-refractivity contribution in [2.75, 3.05) is 44.5 Å². The van der Waals surface area contributed by atoms with Crippen LogP contribution >= 0.6 is 11.3 Å². The minimum absolute atomic E-state index is 0.0484. The van der Waals surface area contributed by atoms with Gasteiger partial charge in [0.25, 0.3) is 5.91 Å². The van der Waals surface area contributed by atoms with Crippen molar-refractivity contribution in [1.29, 1.82) is 0 Å². The average Bonchev–Trinajstić information content (AvgIpc) is 3.55. The molecule has 1 aliphatic rings. The molecule has 0 saturated carbocycles. The summed E-state index contributed by atoms with van der Waals surface area (Å²) in [7, 11) is 0. The molecular weight excluding hydrogens is 480 g/mol. The Balaban J connectivity index is 1.78. The number of anilines is 1. The van der Waals surface area contributed by atoms with Crippen LogP contribution in [-0.4, -0.2) is 56.6 Å². The predicted octanol–water partition coefficient (Wildman–Crippen LogP) is 5.72. The van der Waals surface area contributed by atoms with Crippen molar-refractivity contribution in [2.45, 2.75) is 46.6 Å². The molecule has 3 aromatic rings. The van der Waals surface area contributed by atoms with Crippen LogP contribution < -0.4 is 23.8 Å². The lowest BCUT2D eigenvalue weighted by atomic mass is 10.1. The average molecular weight is 515 g/mol. The van der Waals surface area contributed by atoms with Crippen molar-refractivity contribution in [3.63, 3.8) is 0 Å². The number of thiazole rings is 1. The summed E-state index contributed by atoms with van der Waals surface area (Å²) >= 11 is 1.46. The summed E-state index contributed by atoms with van der Waals surface area (Å²) in [5.41, 5.74) is 1.19. The number of para-hydroxylation sites is 1. The van der Waals surface area contributed by atoms with E-state index in [0.717, 1.165) is 23.1 Å². The van der Waals surface area contributed by atoms with Gasteiger partial charge in [0.15, 0.2) is 16.6 Å². The highest BCUT2D eigenvalue weighted by molar-refractivity contribution is 7.22. The maximum Gasteiger partial charge on any atom is 0.260 e. The Kier molecular flexibility index (Phi) is 8.88. The molecule has 0 spiro atoms. The van der Waals surface area contributed by atoms with Crippen molar-refractivity contribution in [3.8, 4) is 23.0 Å². The number of nitrogens with zero attached hydrogens (tertiary/aromatic N) is 2. The van der Waals surface area contributed by atoms with Gasteiger partial charge in [0.1, 0.15) is 11.3 Å². The van der Waals surface area contributed by atoms with E-state index in [-0.39, 0.29) is 12.0 Å². The molecular formula is C27H34N2O6S. The van der Waals surface area contributed by atoms with Crippen LogP contribution in [0.2, 0.25) is 0 Å². The Morgan fingerprint density at radius 3 is 2.28 bits per heavy atom. The third-order valence-corrected chi connectivity index (χ3v) is 6.76. The fraction of sp³-hybridized carbons (Fsp3) is 0.481. The highest BCUT2D eigenvalue weighted by Crippen LogP contribution is 2.41. The summed E-state index contributed by atoms with van der Waals surface area (Å²) in [5.74, 6) is 1.97. The molecule has 36 heavy (non-hydrogen) atoms. The van der Waals surface area contributed by atoms with E-state index in [4.69, 9.17) is 28.7 Å². The van der Waals surface area contributed by atoms with Crippen LogP contribution in [0.1, 0.15) is 50.9 Å². The second kappa shape index (κ2) is 12.3. The first-order valence-corrected chi connectivity index (χ1v) is 13.4. The summed E-state index contributed by atoms with van der Waals surface area (Å²) < 4.78 is 30.1. The molecule has 0 aliphatic carbocycles. The number of hydrogen-bond acceptors (Lipinski definition) is 8. The zero-order valence-electron chi connectivity index (χ0n) is 21.4.